The fraction of sp³-hybridized carbons (Fsp3) is 0.250. The number of hydrogen-bond acceptors (Lipinski definition) is 6. The second-order valence-electron chi connectivity index (χ2n) is 5.61. The molecule has 6 nitrogen and oxygen atoms in total. The van der Waals surface area contributed by atoms with Crippen LogP contribution in [0.5, 0.6) is 28.7 Å². The summed E-state index contributed by atoms with van der Waals surface area (Å²) in [5.41, 5.74) is 1.80. The van der Waals surface area contributed by atoms with E-state index in [-0.39, 0.29) is 12.4 Å². The standard InChI is InChI=1S/C20H20O6/c1-22-15-6-5-12-7-14(11-26-16(12)10-15)19(21)13-8-17(23-2)20(25-4)18(9-13)24-3/h5-10H,11H2,1-4H3. The molecular weight excluding hydrogens is 336 g/mol. The maximum atomic E-state index is 12.9. The highest BCUT2D eigenvalue weighted by atomic mass is 16.5. The molecule has 26 heavy (non-hydrogen) atoms. The minimum absolute atomic E-state index is 0.161. The van der Waals surface area contributed by atoms with Crippen LogP contribution in [-0.2, 0) is 0 Å². The Morgan fingerprint density at radius 2 is 1.62 bits per heavy atom. The van der Waals surface area contributed by atoms with Gasteiger partial charge < -0.3 is 23.7 Å². The minimum atomic E-state index is -0.161. The number of carbonyl (C=O) groups is 1. The van der Waals surface area contributed by atoms with E-state index in [1.807, 2.05) is 18.2 Å². The lowest BCUT2D eigenvalue weighted by atomic mass is 9.98. The molecule has 2 aromatic rings. The van der Waals surface area contributed by atoms with Crippen LogP contribution in [0.3, 0.4) is 0 Å². The Balaban J connectivity index is 1.98. The highest BCUT2D eigenvalue weighted by Gasteiger charge is 2.22. The molecule has 1 heterocycles. The van der Waals surface area contributed by atoms with Gasteiger partial charge in [0.25, 0.3) is 0 Å². The smallest absolute Gasteiger partial charge is 0.203 e. The van der Waals surface area contributed by atoms with Crippen LogP contribution in [0.15, 0.2) is 35.9 Å². The van der Waals surface area contributed by atoms with Crippen molar-refractivity contribution in [2.24, 2.45) is 0 Å². The Morgan fingerprint density at radius 1 is 0.923 bits per heavy atom. The van der Waals surface area contributed by atoms with Gasteiger partial charge in [0.2, 0.25) is 5.75 Å². The minimum Gasteiger partial charge on any atom is -0.497 e. The van der Waals surface area contributed by atoms with Crippen molar-refractivity contribution in [1.82, 2.24) is 0 Å². The van der Waals surface area contributed by atoms with Crippen LogP contribution in [0.1, 0.15) is 15.9 Å². The maximum Gasteiger partial charge on any atom is 0.203 e. The molecule has 0 aromatic heterocycles. The summed E-state index contributed by atoms with van der Waals surface area (Å²) in [5.74, 6) is 2.53. The summed E-state index contributed by atoms with van der Waals surface area (Å²) in [5, 5.41) is 0. The first kappa shape index (κ1) is 17.7. The third-order valence-corrected chi connectivity index (χ3v) is 4.15. The second-order valence-corrected chi connectivity index (χ2v) is 5.61. The Labute approximate surface area is 151 Å². The predicted molar refractivity (Wildman–Crippen MR) is 96.9 cm³/mol. The van der Waals surface area contributed by atoms with E-state index in [4.69, 9.17) is 23.7 Å². The molecule has 6 heteroatoms. The third-order valence-electron chi connectivity index (χ3n) is 4.15. The fourth-order valence-corrected chi connectivity index (χ4v) is 2.80. The van der Waals surface area contributed by atoms with Crippen LogP contribution in [0.2, 0.25) is 0 Å². The van der Waals surface area contributed by atoms with Gasteiger partial charge in [-0.3, -0.25) is 4.79 Å². The van der Waals surface area contributed by atoms with Crippen molar-refractivity contribution < 1.29 is 28.5 Å². The fourth-order valence-electron chi connectivity index (χ4n) is 2.80. The van der Waals surface area contributed by atoms with Gasteiger partial charge in [0, 0.05) is 22.8 Å². The second kappa shape index (κ2) is 7.39. The molecule has 0 N–H and O–H groups in total. The summed E-state index contributed by atoms with van der Waals surface area (Å²) in [6.07, 6.45) is 1.82. The summed E-state index contributed by atoms with van der Waals surface area (Å²) < 4.78 is 26.8. The van der Waals surface area contributed by atoms with Gasteiger partial charge in [0.15, 0.2) is 17.3 Å². The highest BCUT2D eigenvalue weighted by Crippen LogP contribution is 2.39. The molecule has 1 aliphatic rings. The maximum absolute atomic E-state index is 12.9. The van der Waals surface area contributed by atoms with Gasteiger partial charge in [0.05, 0.1) is 28.4 Å². The summed E-state index contributed by atoms with van der Waals surface area (Å²) in [6.45, 7) is 0.176. The van der Waals surface area contributed by atoms with E-state index in [2.05, 4.69) is 0 Å². The van der Waals surface area contributed by atoms with Crippen molar-refractivity contribution in [2.75, 3.05) is 35.0 Å². The number of fused-ring (bicyclic) bond motifs is 1. The monoisotopic (exact) mass is 356 g/mol. The lowest BCUT2D eigenvalue weighted by molar-refractivity contribution is 0.102. The van der Waals surface area contributed by atoms with Crippen LogP contribution >= 0.6 is 0 Å². The molecule has 0 bridgehead atoms. The molecule has 0 amide bonds. The van der Waals surface area contributed by atoms with Crippen molar-refractivity contribution >= 4 is 11.9 Å². The molecule has 0 fully saturated rings. The van der Waals surface area contributed by atoms with Gasteiger partial charge in [-0.2, -0.15) is 0 Å². The first-order valence-electron chi connectivity index (χ1n) is 7.97. The van der Waals surface area contributed by atoms with Gasteiger partial charge in [-0.1, -0.05) is 0 Å². The van der Waals surface area contributed by atoms with Crippen LogP contribution < -0.4 is 23.7 Å². The lowest BCUT2D eigenvalue weighted by Gasteiger charge is -2.19. The molecular formula is C20H20O6. The zero-order valence-electron chi connectivity index (χ0n) is 15.1. The van der Waals surface area contributed by atoms with Crippen LogP contribution in [0.4, 0.5) is 0 Å². The number of methoxy groups -OCH3 is 4. The molecule has 0 saturated carbocycles. The summed E-state index contributed by atoms with van der Waals surface area (Å²) in [7, 11) is 6.14. The first-order valence-corrected chi connectivity index (χ1v) is 7.97. The van der Waals surface area contributed by atoms with Crippen molar-refractivity contribution in [2.45, 2.75) is 0 Å². The van der Waals surface area contributed by atoms with Gasteiger partial charge in [0.1, 0.15) is 18.1 Å². The number of Topliss-reactive ketones (excluding diaryl/α,β-unsaturated/α-hetero) is 1. The van der Waals surface area contributed by atoms with Gasteiger partial charge in [-0.15, -0.1) is 0 Å². The molecule has 136 valence electrons. The predicted octanol–water partition coefficient (Wildman–Crippen LogP) is 3.38. The molecule has 1 aliphatic heterocycles. The molecule has 0 spiro atoms. The summed E-state index contributed by atoms with van der Waals surface area (Å²) in [6, 6.07) is 8.75. The van der Waals surface area contributed by atoms with E-state index < -0.39 is 0 Å². The van der Waals surface area contributed by atoms with Crippen molar-refractivity contribution in [1.29, 1.82) is 0 Å². The van der Waals surface area contributed by atoms with Crippen molar-refractivity contribution in [3.05, 3.63) is 47.0 Å². The number of ketones is 1. The average molecular weight is 356 g/mol. The van der Waals surface area contributed by atoms with E-state index in [0.717, 1.165) is 5.56 Å². The summed E-state index contributed by atoms with van der Waals surface area (Å²) >= 11 is 0. The van der Waals surface area contributed by atoms with Crippen LogP contribution in [0.25, 0.3) is 6.08 Å². The highest BCUT2D eigenvalue weighted by molar-refractivity contribution is 6.12. The number of ether oxygens (including phenoxy) is 5. The Bertz CT molecular complexity index is 844. The van der Waals surface area contributed by atoms with Crippen LogP contribution in [-0.4, -0.2) is 40.8 Å². The number of carbonyl (C=O) groups excluding carboxylic acids is 1. The summed E-state index contributed by atoms with van der Waals surface area (Å²) in [4.78, 5) is 12.9. The largest absolute Gasteiger partial charge is 0.497 e. The van der Waals surface area contributed by atoms with Gasteiger partial charge in [-0.05, 0) is 30.3 Å². The van der Waals surface area contributed by atoms with Gasteiger partial charge in [-0.25, -0.2) is 0 Å². The number of benzene rings is 2. The quantitative estimate of drug-likeness (QED) is 0.740. The Hall–Kier alpha value is -3.15. The Morgan fingerprint density at radius 3 is 2.19 bits per heavy atom. The Kier molecular flexibility index (Phi) is 5.02. The SMILES string of the molecule is COc1ccc2c(c1)OCC(C(=O)c1cc(OC)c(OC)c(OC)c1)=C2. The van der Waals surface area contributed by atoms with Crippen LogP contribution in [0, 0.1) is 0 Å². The zero-order valence-corrected chi connectivity index (χ0v) is 15.1. The third kappa shape index (κ3) is 3.18. The number of rotatable bonds is 6. The molecule has 0 radical (unpaired) electrons. The molecule has 0 atom stereocenters. The molecule has 2 aromatic carbocycles. The van der Waals surface area contributed by atoms with E-state index in [1.54, 1.807) is 25.3 Å². The lowest BCUT2D eigenvalue weighted by Crippen LogP contribution is -2.15. The zero-order chi connectivity index (χ0) is 18.7. The average Bonchev–Trinajstić information content (AvgIpc) is 2.71. The molecule has 0 saturated heterocycles. The van der Waals surface area contributed by atoms with Gasteiger partial charge >= 0.3 is 0 Å². The topological polar surface area (TPSA) is 63.2 Å². The molecule has 3 rings (SSSR count). The normalized spacial score (nSPS) is 12.4. The van der Waals surface area contributed by atoms with E-state index >= 15 is 0 Å². The van der Waals surface area contributed by atoms with E-state index in [9.17, 15) is 4.79 Å². The van der Waals surface area contributed by atoms with Crippen molar-refractivity contribution in [3.8, 4) is 28.7 Å². The van der Waals surface area contributed by atoms with E-state index in [0.29, 0.717) is 39.9 Å². The molecule has 0 unspecified atom stereocenters. The number of hydrogen-bond donors (Lipinski definition) is 0. The van der Waals surface area contributed by atoms with E-state index in [1.165, 1.54) is 21.3 Å². The first-order chi connectivity index (χ1) is 12.6. The van der Waals surface area contributed by atoms with Crippen molar-refractivity contribution in [3.63, 3.8) is 0 Å². The molecule has 0 aliphatic carbocycles.